The van der Waals surface area contributed by atoms with E-state index in [2.05, 4.69) is 10.2 Å². The maximum atomic E-state index is 12.6. The number of aryl methyl sites for hydroxylation is 2. The molecule has 2 aromatic rings. The molecule has 3 rings (SSSR count). The first-order valence-corrected chi connectivity index (χ1v) is 9.38. The van der Waals surface area contributed by atoms with E-state index in [0.29, 0.717) is 31.5 Å². The van der Waals surface area contributed by atoms with Gasteiger partial charge in [0, 0.05) is 25.7 Å². The lowest BCUT2D eigenvalue weighted by Gasteiger charge is -2.31. The van der Waals surface area contributed by atoms with Crippen molar-refractivity contribution in [2.24, 2.45) is 7.05 Å². The van der Waals surface area contributed by atoms with Gasteiger partial charge in [0.2, 0.25) is 15.0 Å². The second-order valence-corrected chi connectivity index (χ2v) is 8.25. The Balaban J connectivity index is 1.69. The summed E-state index contributed by atoms with van der Waals surface area (Å²) in [6.45, 7) is 2.82. The van der Waals surface area contributed by atoms with E-state index in [1.807, 2.05) is 19.1 Å². The lowest BCUT2D eigenvalue weighted by molar-refractivity contribution is 0.0725. The average Bonchev–Trinajstić information content (AvgIpc) is 3.02. The number of hydrogen-bond donors (Lipinski definition) is 0. The maximum absolute atomic E-state index is 12.6. The molecule has 0 spiro atoms. The van der Waals surface area contributed by atoms with Crippen molar-refractivity contribution in [2.75, 3.05) is 13.1 Å². The number of piperidine rings is 1. The minimum atomic E-state index is -3.52. The highest BCUT2D eigenvalue weighted by Crippen LogP contribution is 2.24. The lowest BCUT2D eigenvalue weighted by atomic mass is 10.1. The molecule has 8 heteroatoms. The van der Waals surface area contributed by atoms with Crippen LogP contribution in [0.15, 0.2) is 35.7 Å². The number of amides is 1. The van der Waals surface area contributed by atoms with Gasteiger partial charge in [0.15, 0.2) is 0 Å². The SMILES string of the molecule is Cc1ccc(C(=O)N2CCC(S(=O)(=O)c3nncn3C)CC2)cc1. The van der Waals surface area contributed by atoms with E-state index in [4.69, 9.17) is 0 Å². The van der Waals surface area contributed by atoms with Crippen molar-refractivity contribution in [3.05, 3.63) is 41.7 Å². The zero-order valence-corrected chi connectivity index (χ0v) is 14.5. The minimum absolute atomic E-state index is 0.00851. The third kappa shape index (κ3) is 3.06. The molecule has 1 fully saturated rings. The molecule has 1 aliphatic rings. The van der Waals surface area contributed by atoms with Gasteiger partial charge in [-0.2, -0.15) is 0 Å². The number of likely N-dealkylation sites (tertiary alicyclic amines) is 1. The Labute approximate surface area is 141 Å². The number of nitrogens with zero attached hydrogens (tertiary/aromatic N) is 4. The van der Waals surface area contributed by atoms with Gasteiger partial charge >= 0.3 is 0 Å². The number of rotatable bonds is 3. The summed E-state index contributed by atoms with van der Waals surface area (Å²) in [7, 11) is -1.90. The van der Waals surface area contributed by atoms with Gasteiger partial charge in [-0.05, 0) is 31.9 Å². The normalized spacial score (nSPS) is 16.3. The van der Waals surface area contributed by atoms with Gasteiger partial charge < -0.3 is 9.47 Å². The second kappa shape index (κ2) is 6.35. The van der Waals surface area contributed by atoms with Crippen molar-refractivity contribution in [3.63, 3.8) is 0 Å². The van der Waals surface area contributed by atoms with E-state index in [0.717, 1.165) is 5.56 Å². The van der Waals surface area contributed by atoms with Crippen LogP contribution < -0.4 is 0 Å². The van der Waals surface area contributed by atoms with Crippen LogP contribution >= 0.6 is 0 Å². The molecule has 0 saturated carbocycles. The van der Waals surface area contributed by atoms with Crippen LogP contribution in [0.3, 0.4) is 0 Å². The average molecular weight is 348 g/mol. The van der Waals surface area contributed by atoms with E-state index < -0.39 is 15.1 Å². The van der Waals surface area contributed by atoms with Gasteiger partial charge in [-0.25, -0.2) is 8.42 Å². The Bertz CT molecular complexity index is 834. The Morgan fingerprint density at radius 2 is 1.79 bits per heavy atom. The van der Waals surface area contributed by atoms with Gasteiger partial charge in [0.05, 0.1) is 5.25 Å². The summed E-state index contributed by atoms with van der Waals surface area (Å²) in [4.78, 5) is 14.2. The van der Waals surface area contributed by atoms with Crippen molar-refractivity contribution >= 4 is 15.7 Å². The standard InChI is InChI=1S/C16H20N4O3S/c1-12-3-5-13(6-4-12)15(21)20-9-7-14(8-10-20)24(22,23)16-18-17-11-19(16)2/h3-6,11,14H,7-10H2,1-2H3. The summed E-state index contributed by atoms with van der Waals surface area (Å²) in [6.07, 6.45) is 2.20. The van der Waals surface area contributed by atoms with Crippen molar-refractivity contribution in [1.82, 2.24) is 19.7 Å². The van der Waals surface area contributed by atoms with E-state index in [-0.39, 0.29) is 11.1 Å². The summed E-state index contributed by atoms with van der Waals surface area (Å²) in [5.74, 6) is -0.0514. The molecular formula is C16H20N4O3S. The van der Waals surface area contributed by atoms with Crippen LogP contribution in [0.2, 0.25) is 0 Å². The van der Waals surface area contributed by atoms with Crippen LogP contribution in [0.25, 0.3) is 0 Å². The van der Waals surface area contributed by atoms with Gasteiger partial charge in [0.25, 0.3) is 5.91 Å². The minimum Gasteiger partial charge on any atom is -0.339 e. The molecule has 1 aliphatic heterocycles. The molecule has 1 saturated heterocycles. The molecule has 1 aromatic carbocycles. The zero-order valence-electron chi connectivity index (χ0n) is 13.7. The second-order valence-electron chi connectivity index (χ2n) is 6.13. The zero-order chi connectivity index (χ0) is 17.3. The molecule has 0 unspecified atom stereocenters. The van der Waals surface area contributed by atoms with E-state index in [1.165, 1.54) is 10.9 Å². The Morgan fingerprint density at radius 3 is 2.33 bits per heavy atom. The summed E-state index contributed by atoms with van der Waals surface area (Å²) in [5, 5.41) is 6.83. The Hall–Kier alpha value is -2.22. The van der Waals surface area contributed by atoms with Crippen LogP contribution in [-0.2, 0) is 16.9 Å². The highest BCUT2D eigenvalue weighted by molar-refractivity contribution is 7.91. The first kappa shape index (κ1) is 16.6. The fourth-order valence-electron chi connectivity index (χ4n) is 2.93. The van der Waals surface area contributed by atoms with Crippen molar-refractivity contribution in [1.29, 1.82) is 0 Å². The Morgan fingerprint density at radius 1 is 1.17 bits per heavy atom. The molecule has 0 radical (unpaired) electrons. The number of carbonyl (C=O) groups excluding carboxylic acids is 1. The molecule has 2 heterocycles. The molecule has 0 aliphatic carbocycles. The maximum Gasteiger partial charge on any atom is 0.253 e. The summed E-state index contributed by atoms with van der Waals surface area (Å²) in [6, 6.07) is 7.41. The fourth-order valence-corrected chi connectivity index (χ4v) is 4.67. The third-order valence-corrected chi connectivity index (χ3v) is 6.62. The van der Waals surface area contributed by atoms with Gasteiger partial charge in [-0.3, -0.25) is 4.79 Å². The first-order valence-electron chi connectivity index (χ1n) is 7.83. The highest BCUT2D eigenvalue weighted by Gasteiger charge is 2.35. The fraction of sp³-hybridized carbons (Fsp3) is 0.438. The molecule has 1 amide bonds. The van der Waals surface area contributed by atoms with Crippen LogP contribution in [0.5, 0.6) is 0 Å². The van der Waals surface area contributed by atoms with E-state index in [9.17, 15) is 13.2 Å². The number of sulfone groups is 1. The largest absolute Gasteiger partial charge is 0.339 e. The number of carbonyl (C=O) groups is 1. The molecule has 0 atom stereocenters. The highest BCUT2D eigenvalue weighted by atomic mass is 32.2. The molecule has 7 nitrogen and oxygen atoms in total. The predicted molar refractivity (Wildman–Crippen MR) is 88.3 cm³/mol. The van der Waals surface area contributed by atoms with Gasteiger partial charge in [-0.15, -0.1) is 10.2 Å². The van der Waals surface area contributed by atoms with E-state index >= 15 is 0 Å². The van der Waals surface area contributed by atoms with Crippen molar-refractivity contribution in [2.45, 2.75) is 30.2 Å². The quantitative estimate of drug-likeness (QED) is 0.832. The number of benzene rings is 1. The number of aromatic nitrogens is 3. The third-order valence-electron chi connectivity index (χ3n) is 4.39. The smallest absolute Gasteiger partial charge is 0.253 e. The summed E-state index contributed by atoms with van der Waals surface area (Å²) < 4.78 is 26.7. The molecular weight excluding hydrogens is 328 g/mol. The molecule has 0 bridgehead atoms. The van der Waals surface area contributed by atoms with E-state index in [1.54, 1.807) is 24.1 Å². The van der Waals surface area contributed by atoms with Crippen LogP contribution in [0, 0.1) is 6.92 Å². The molecule has 0 N–H and O–H groups in total. The Kier molecular flexibility index (Phi) is 4.40. The van der Waals surface area contributed by atoms with Crippen LogP contribution in [0.1, 0.15) is 28.8 Å². The topological polar surface area (TPSA) is 85.2 Å². The predicted octanol–water partition coefficient (Wildman–Crippen LogP) is 1.20. The molecule has 1 aromatic heterocycles. The molecule has 24 heavy (non-hydrogen) atoms. The summed E-state index contributed by atoms with van der Waals surface area (Å²) >= 11 is 0. The summed E-state index contributed by atoms with van der Waals surface area (Å²) in [5.41, 5.74) is 1.73. The number of hydrogen-bond acceptors (Lipinski definition) is 5. The van der Waals surface area contributed by atoms with Crippen molar-refractivity contribution < 1.29 is 13.2 Å². The first-order chi connectivity index (χ1) is 11.4. The monoisotopic (exact) mass is 348 g/mol. The van der Waals surface area contributed by atoms with Gasteiger partial charge in [-0.1, -0.05) is 17.7 Å². The van der Waals surface area contributed by atoms with Gasteiger partial charge in [0.1, 0.15) is 6.33 Å². The lowest BCUT2D eigenvalue weighted by Crippen LogP contribution is -2.42. The molecule has 128 valence electrons. The van der Waals surface area contributed by atoms with Crippen LogP contribution in [0.4, 0.5) is 0 Å². The van der Waals surface area contributed by atoms with Crippen molar-refractivity contribution in [3.8, 4) is 0 Å². The van der Waals surface area contributed by atoms with Crippen LogP contribution in [-0.4, -0.2) is 52.3 Å².